The minimum Gasteiger partial charge on any atom is -0.390 e. The van der Waals surface area contributed by atoms with Gasteiger partial charge in [-0.1, -0.05) is 18.2 Å². The Balaban J connectivity index is 1.45. The monoisotopic (exact) mass is 468 g/mol. The summed E-state index contributed by atoms with van der Waals surface area (Å²) < 4.78 is 1.69. The molecule has 3 atom stereocenters. The van der Waals surface area contributed by atoms with Crippen LogP contribution in [0, 0.1) is 0 Å². The van der Waals surface area contributed by atoms with Gasteiger partial charge in [0.05, 0.1) is 11.6 Å². The van der Waals surface area contributed by atoms with Crippen LogP contribution < -0.4 is 10.9 Å². The van der Waals surface area contributed by atoms with Crippen LogP contribution in [-0.4, -0.2) is 75.7 Å². The first kappa shape index (κ1) is 24.4. The summed E-state index contributed by atoms with van der Waals surface area (Å²) >= 11 is 0. The molecule has 2 aromatic rings. The van der Waals surface area contributed by atoms with Crippen molar-refractivity contribution >= 4 is 22.7 Å². The molecule has 2 fully saturated rings. The number of aliphatic hydroxyl groups is 1. The van der Waals surface area contributed by atoms with Gasteiger partial charge in [0, 0.05) is 51.2 Å². The fourth-order valence-corrected chi connectivity index (χ4v) is 5.66. The first-order valence-corrected chi connectivity index (χ1v) is 12.3. The quantitative estimate of drug-likeness (QED) is 0.649. The van der Waals surface area contributed by atoms with Crippen molar-refractivity contribution in [3.63, 3.8) is 0 Å². The molecule has 2 bridgehead atoms. The number of rotatable bonds is 7. The molecule has 0 spiro atoms. The van der Waals surface area contributed by atoms with Crippen LogP contribution in [0.1, 0.15) is 62.9 Å². The highest BCUT2D eigenvalue weighted by Gasteiger charge is 2.42. The van der Waals surface area contributed by atoms with Gasteiger partial charge >= 0.3 is 0 Å². The Morgan fingerprint density at radius 3 is 2.44 bits per heavy atom. The largest absolute Gasteiger partial charge is 0.390 e. The summed E-state index contributed by atoms with van der Waals surface area (Å²) in [6.07, 6.45) is 3.05. The molecule has 4 rings (SSSR count). The van der Waals surface area contributed by atoms with E-state index in [1.807, 2.05) is 38.1 Å². The Hall–Kier alpha value is -2.71. The van der Waals surface area contributed by atoms with E-state index in [4.69, 9.17) is 0 Å². The molecule has 2 saturated heterocycles. The molecule has 0 radical (unpaired) electrons. The molecule has 8 nitrogen and oxygen atoms in total. The highest BCUT2D eigenvalue weighted by Crippen LogP contribution is 2.36. The Bertz CT molecular complexity index is 1110. The third-order valence-corrected chi connectivity index (χ3v) is 7.37. The molecule has 2 aliphatic heterocycles. The van der Waals surface area contributed by atoms with Crippen LogP contribution >= 0.6 is 0 Å². The van der Waals surface area contributed by atoms with Crippen LogP contribution in [0.25, 0.3) is 10.9 Å². The average Bonchev–Trinajstić information content (AvgIpc) is 3.00. The van der Waals surface area contributed by atoms with Gasteiger partial charge < -0.3 is 19.9 Å². The first-order chi connectivity index (χ1) is 16.2. The van der Waals surface area contributed by atoms with Crippen molar-refractivity contribution in [2.45, 2.75) is 76.7 Å². The van der Waals surface area contributed by atoms with Crippen molar-refractivity contribution in [3.05, 3.63) is 46.2 Å². The average molecular weight is 469 g/mol. The van der Waals surface area contributed by atoms with Crippen LogP contribution in [0.3, 0.4) is 0 Å². The van der Waals surface area contributed by atoms with Crippen molar-refractivity contribution in [2.75, 3.05) is 20.1 Å². The molecule has 1 aromatic heterocycles. The zero-order valence-electron chi connectivity index (χ0n) is 20.5. The number of nitrogens with one attached hydrogen (secondary N) is 1. The van der Waals surface area contributed by atoms with Crippen LogP contribution in [0.2, 0.25) is 0 Å². The van der Waals surface area contributed by atoms with Gasteiger partial charge in [0.2, 0.25) is 5.91 Å². The zero-order chi connectivity index (χ0) is 24.6. The summed E-state index contributed by atoms with van der Waals surface area (Å²) in [7, 11) is 1.70. The van der Waals surface area contributed by atoms with E-state index < -0.39 is 6.10 Å². The molecule has 184 valence electrons. The summed E-state index contributed by atoms with van der Waals surface area (Å²) in [5.74, 6) is -0.375. The van der Waals surface area contributed by atoms with Crippen LogP contribution in [-0.2, 0) is 4.79 Å². The number of piperidine rings is 1. The Morgan fingerprint density at radius 1 is 1.18 bits per heavy atom. The third-order valence-electron chi connectivity index (χ3n) is 7.37. The van der Waals surface area contributed by atoms with E-state index in [1.54, 1.807) is 17.7 Å². The molecule has 1 unspecified atom stereocenters. The van der Waals surface area contributed by atoms with Gasteiger partial charge in [0.1, 0.15) is 5.56 Å². The zero-order valence-corrected chi connectivity index (χ0v) is 20.5. The standard InChI is InChI=1S/C26H36N4O4/c1-16(2)30-24-8-6-5-7-18(24)11-23(26(30)34)25(33)27-19-12-20-9-10-21(13-19)29(20)15-22(32)14-28(4)17(3)31/h5-8,11,16,19-22,32H,9-10,12-15H2,1-4H3,(H,27,33)/t20-,21-,22?/m0/s1. The van der Waals surface area contributed by atoms with E-state index in [2.05, 4.69) is 10.2 Å². The molecular formula is C26H36N4O4. The SMILES string of the molecule is CC(=O)N(C)CC(O)CN1[C@H]2CC[C@H]1CC(NC(=O)c1cc3ccccc3n(C(C)C)c1=O)C2. The van der Waals surface area contributed by atoms with Crippen LogP contribution in [0.4, 0.5) is 0 Å². The number of aliphatic hydroxyl groups excluding tert-OH is 1. The number of nitrogens with zero attached hydrogens (tertiary/aromatic N) is 3. The number of carbonyl (C=O) groups excluding carboxylic acids is 2. The summed E-state index contributed by atoms with van der Waals surface area (Å²) in [4.78, 5) is 41.7. The summed E-state index contributed by atoms with van der Waals surface area (Å²) in [6.45, 7) is 6.24. The van der Waals surface area contributed by atoms with Gasteiger partial charge in [-0.2, -0.15) is 0 Å². The molecule has 2 aliphatic rings. The number of para-hydroxylation sites is 1. The lowest BCUT2D eigenvalue weighted by Gasteiger charge is -2.40. The highest BCUT2D eigenvalue weighted by atomic mass is 16.3. The molecule has 0 aliphatic carbocycles. The number of aromatic nitrogens is 1. The van der Waals surface area contributed by atoms with Crippen molar-refractivity contribution in [1.82, 2.24) is 19.7 Å². The molecule has 34 heavy (non-hydrogen) atoms. The normalized spacial score (nSPS) is 23.3. The first-order valence-electron chi connectivity index (χ1n) is 12.3. The number of pyridine rings is 1. The number of likely N-dealkylation sites (N-methyl/N-ethyl adjacent to an activating group) is 1. The number of amides is 2. The minimum atomic E-state index is -0.602. The van der Waals surface area contributed by atoms with Crippen molar-refractivity contribution < 1.29 is 14.7 Å². The second-order valence-corrected chi connectivity index (χ2v) is 10.2. The second kappa shape index (κ2) is 9.88. The van der Waals surface area contributed by atoms with E-state index in [9.17, 15) is 19.5 Å². The topological polar surface area (TPSA) is 94.9 Å². The third kappa shape index (κ3) is 4.88. The van der Waals surface area contributed by atoms with Crippen molar-refractivity contribution in [2.24, 2.45) is 0 Å². The fourth-order valence-electron chi connectivity index (χ4n) is 5.66. The Kier molecular flexibility index (Phi) is 7.09. The Morgan fingerprint density at radius 2 is 1.82 bits per heavy atom. The van der Waals surface area contributed by atoms with Gasteiger partial charge in [0.25, 0.3) is 11.5 Å². The van der Waals surface area contributed by atoms with Gasteiger partial charge in [-0.25, -0.2) is 0 Å². The number of hydrogen-bond acceptors (Lipinski definition) is 5. The van der Waals surface area contributed by atoms with E-state index in [1.165, 1.54) is 11.8 Å². The van der Waals surface area contributed by atoms with Crippen LogP contribution in [0.15, 0.2) is 35.1 Å². The predicted molar refractivity (Wildman–Crippen MR) is 132 cm³/mol. The van der Waals surface area contributed by atoms with E-state index in [-0.39, 0.29) is 47.1 Å². The van der Waals surface area contributed by atoms with Gasteiger partial charge in [-0.3, -0.25) is 19.3 Å². The second-order valence-electron chi connectivity index (χ2n) is 10.2. The van der Waals surface area contributed by atoms with E-state index >= 15 is 0 Å². The lowest BCUT2D eigenvalue weighted by molar-refractivity contribution is -0.129. The summed E-state index contributed by atoms with van der Waals surface area (Å²) in [5.41, 5.74) is 0.758. The maximum Gasteiger partial charge on any atom is 0.264 e. The molecular weight excluding hydrogens is 432 g/mol. The van der Waals surface area contributed by atoms with Gasteiger partial charge in [0.15, 0.2) is 0 Å². The molecule has 8 heteroatoms. The van der Waals surface area contributed by atoms with Gasteiger partial charge in [-0.15, -0.1) is 0 Å². The van der Waals surface area contributed by atoms with Crippen LogP contribution in [0.5, 0.6) is 0 Å². The van der Waals surface area contributed by atoms with E-state index in [0.717, 1.165) is 36.6 Å². The maximum atomic E-state index is 13.2. The van der Waals surface area contributed by atoms with E-state index in [0.29, 0.717) is 13.1 Å². The maximum absolute atomic E-state index is 13.2. The van der Waals surface area contributed by atoms with Crippen molar-refractivity contribution in [1.29, 1.82) is 0 Å². The number of fused-ring (bicyclic) bond motifs is 3. The lowest BCUT2D eigenvalue weighted by Crippen LogP contribution is -2.53. The summed E-state index contributed by atoms with van der Waals surface area (Å²) in [5, 5.41) is 14.5. The molecule has 2 N–H and O–H groups in total. The fraction of sp³-hybridized carbons (Fsp3) is 0.577. The molecule has 2 amide bonds. The molecule has 1 aromatic carbocycles. The number of hydrogen-bond donors (Lipinski definition) is 2. The minimum absolute atomic E-state index is 0.00310. The summed E-state index contributed by atoms with van der Waals surface area (Å²) in [6, 6.07) is 9.86. The highest BCUT2D eigenvalue weighted by molar-refractivity contribution is 5.97. The Labute approximate surface area is 200 Å². The number of carbonyl (C=O) groups is 2. The molecule has 3 heterocycles. The van der Waals surface area contributed by atoms with Crippen molar-refractivity contribution in [3.8, 4) is 0 Å². The number of benzene rings is 1. The molecule has 0 saturated carbocycles. The lowest BCUT2D eigenvalue weighted by atomic mass is 9.96. The predicted octanol–water partition coefficient (Wildman–Crippen LogP) is 2.15. The van der Waals surface area contributed by atoms with Gasteiger partial charge in [-0.05, 0) is 57.0 Å². The smallest absolute Gasteiger partial charge is 0.264 e.